The summed E-state index contributed by atoms with van der Waals surface area (Å²) in [6, 6.07) is -1.31. The van der Waals surface area contributed by atoms with Crippen molar-refractivity contribution in [2.45, 2.75) is 33.7 Å². The highest BCUT2D eigenvalue weighted by Crippen LogP contribution is 2.01. The Kier molecular flexibility index (Phi) is 6.22. The zero-order valence-corrected chi connectivity index (χ0v) is 10.2. The maximum atomic E-state index is 11.3. The van der Waals surface area contributed by atoms with E-state index in [4.69, 9.17) is 5.11 Å². The minimum atomic E-state index is -1.02. The van der Waals surface area contributed by atoms with E-state index in [2.05, 4.69) is 10.6 Å². The molecule has 0 rings (SSSR count). The quantitative estimate of drug-likeness (QED) is 0.622. The standard InChI is InChI=1S/C11H20N2O3/c1-7(2)5-6-12-11(16)13-9(8(3)4)10(14)15/h5,8-9H,6H2,1-4H3,(H,14,15)(H2,12,13,16). The lowest BCUT2D eigenvalue weighted by molar-refractivity contribution is -0.140. The molecule has 0 saturated carbocycles. The lowest BCUT2D eigenvalue weighted by Gasteiger charge is -2.17. The number of carboxylic acids is 1. The van der Waals surface area contributed by atoms with Gasteiger partial charge in [0.1, 0.15) is 6.04 Å². The Morgan fingerprint density at radius 2 is 1.88 bits per heavy atom. The monoisotopic (exact) mass is 228 g/mol. The molecule has 16 heavy (non-hydrogen) atoms. The van der Waals surface area contributed by atoms with Gasteiger partial charge in [-0.2, -0.15) is 0 Å². The molecule has 0 spiro atoms. The van der Waals surface area contributed by atoms with E-state index in [1.165, 1.54) is 0 Å². The van der Waals surface area contributed by atoms with E-state index in [-0.39, 0.29) is 5.92 Å². The third kappa shape index (κ3) is 6.06. The van der Waals surface area contributed by atoms with Gasteiger partial charge in [-0.3, -0.25) is 0 Å². The van der Waals surface area contributed by atoms with Gasteiger partial charge in [-0.05, 0) is 19.8 Å². The van der Waals surface area contributed by atoms with Crippen molar-refractivity contribution in [1.29, 1.82) is 0 Å². The summed E-state index contributed by atoms with van der Waals surface area (Å²) in [6.45, 7) is 7.74. The first-order valence-electron chi connectivity index (χ1n) is 5.25. The smallest absolute Gasteiger partial charge is 0.326 e. The second kappa shape index (κ2) is 6.87. The van der Waals surface area contributed by atoms with Crippen LogP contribution >= 0.6 is 0 Å². The number of hydrogen-bond donors (Lipinski definition) is 3. The van der Waals surface area contributed by atoms with Gasteiger partial charge in [0.2, 0.25) is 0 Å². The van der Waals surface area contributed by atoms with Gasteiger partial charge in [0.15, 0.2) is 0 Å². The fourth-order valence-electron chi connectivity index (χ4n) is 1.05. The Labute approximate surface area is 95.9 Å². The number of amides is 2. The fourth-order valence-corrected chi connectivity index (χ4v) is 1.05. The van der Waals surface area contributed by atoms with Crippen molar-refractivity contribution < 1.29 is 14.7 Å². The predicted octanol–water partition coefficient (Wildman–Crippen LogP) is 1.36. The van der Waals surface area contributed by atoms with Crippen molar-refractivity contribution in [2.75, 3.05) is 6.54 Å². The van der Waals surface area contributed by atoms with E-state index in [0.29, 0.717) is 6.54 Å². The van der Waals surface area contributed by atoms with Crippen molar-refractivity contribution in [3.63, 3.8) is 0 Å². The second-order valence-electron chi connectivity index (χ2n) is 4.20. The van der Waals surface area contributed by atoms with Crippen LogP contribution in [0.5, 0.6) is 0 Å². The van der Waals surface area contributed by atoms with Gasteiger partial charge < -0.3 is 15.7 Å². The Morgan fingerprint density at radius 1 is 1.31 bits per heavy atom. The van der Waals surface area contributed by atoms with E-state index in [1.54, 1.807) is 13.8 Å². The number of carbonyl (C=O) groups excluding carboxylic acids is 1. The van der Waals surface area contributed by atoms with Crippen molar-refractivity contribution in [1.82, 2.24) is 10.6 Å². The summed E-state index contributed by atoms with van der Waals surface area (Å²) in [4.78, 5) is 22.1. The molecule has 2 amide bonds. The van der Waals surface area contributed by atoms with Gasteiger partial charge in [0.05, 0.1) is 0 Å². The Bertz CT molecular complexity index is 281. The molecule has 0 aliphatic rings. The van der Waals surface area contributed by atoms with Gasteiger partial charge in [0.25, 0.3) is 0 Å². The van der Waals surface area contributed by atoms with E-state index in [1.807, 2.05) is 19.9 Å². The summed E-state index contributed by atoms with van der Waals surface area (Å²) < 4.78 is 0. The summed E-state index contributed by atoms with van der Waals surface area (Å²) in [6.07, 6.45) is 1.85. The second-order valence-corrected chi connectivity index (χ2v) is 4.20. The number of aliphatic carboxylic acids is 1. The topological polar surface area (TPSA) is 78.4 Å². The Balaban J connectivity index is 4.11. The van der Waals surface area contributed by atoms with Crippen LogP contribution in [0.25, 0.3) is 0 Å². The molecule has 0 bridgehead atoms. The lowest BCUT2D eigenvalue weighted by atomic mass is 10.1. The molecule has 92 valence electrons. The summed E-state index contributed by atoms with van der Waals surface area (Å²) in [5.74, 6) is -1.17. The molecule has 0 aliphatic carbocycles. The van der Waals surface area contributed by atoms with Crippen molar-refractivity contribution in [3.05, 3.63) is 11.6 Å². The number of carbonyl (C=O) groups is 2. The van der Waals surface area contributed by atoms with Crippen LogP contribution in [0.15, 0.2) is 11.6 Å². The van der Waals surface area contributed by atoms with Crippen molar-refractivity contribution >= 4 is 12.0 Å². The molecule has 0 fully saturated rings. The van der Waals surface area contributed by atoms with Crippen molar-refractivity contribution in [2.24, 2.45) is 5.92 Å². The molecule has 0 heterocycles. The highest BCUT2D eigenvalue weighted by molar-refractivity contribution is 5.82. The van der Waals surface area contributed by atoms with Crippen LogP contribution in [-0.2, 0) is 4.79 Å². The van der Waals surface area contributed by atoms with Crippen LogP contribution in [-0.4, -0.2) is 29.7 Å². The zero-order valence-electron chi connectivity index (χ0n) is 10.2. The molecule has 0 aliphatic heterocycles. The summed E-state index contributed by atoms with van der Waals surface area (Å²) in [5, 5.41) is 13.8. The number of carboxylic acid groups (broad SMARTS) is 1. The van der Waals surface area contributed by atoms with Gasteiger partial charge >= 0.3 is 12.0 Å². The predicted molar refractivity (Wildman–Crippen MR) is 62.2 cm³/mol. The van der Waals surface area contributed by atoms with Crippen molar-refractivity contribution in [3.8, 4) is 0 Å². The summed E-state index contributed by atoms with van der Waals surface area (Å²) in [7, 11) is 0. The molecule has 5 heteroatoms. The third-order valence-electron chi connectivity index (χ3n) is 1.99. The molecule has 0 saturated heterocycles. The van der Waals surface area contributed by atoms with Gasteiger partial charge in [0, 0.05) is 6.54 Å². The maximum absolute atomic E-state index is 11.3. The number of hydrogen-bond acceptors (Lipinski definition) is 2. The molecule has 1 unspecified atom stereocenters. The number of nitrogens with one attached hydrogen (secondary N) is 2. The van der Waals surface area contributed by atoms with Crippen LogP contribution in [0.3, 0.4) is 0 Å². The average molecular weight is 228 g/mol. The molecule has 0 aromatic heterocycles. The Hall–Kier alpha value is -1.52. The number of urea groups is 1. The van der Waals surface area contributed by atoms with Gasteiger partial charge in [-0.1, -0.05) is 25.5 Å². The first-order valence-corrected chi connectivity index (χ1v) is 5.25. The van der Waals surface area contributed by atoms with E-state index < -0.39 is 18.0 Å². The van der Waals surface area contributed by atoms with Crippen LogP contribution in [0.1, 0.15) is 27.7 Å². The highest BCUT2D eigenvalue weighted by atomic mass is 16.4. The van der Waals surface area contributed by atoms with Crippen LogP contribution in [0, 0.1) is 5.92 Å². The minimum absolute atomic E-state index is 0.147. The molecule has 0 aromatic rings. The fraction of sp³-hybridized carbons (Fsp3) is 0.636. The zero-order chi connectivity index (χ0) is 12.7. The summed E-state index contributed by atoms with van der Waals surface area (Å²) >= 11 is 0. The first-order chi connectivity index (χ1) is 7.34. The van der Waals surface area contributed by atoms with Gasteiger partial charge in [-0.15, -0.1) is 0 Å². The van der Waals surface area contributed by atoms with Crippen LogP contribution in [0.2, 0.25) is 0 Å². The Morgan fingerprint density at radius 3 is 2.25 bits per heavy atom. The number of rotatable bonds is 5. The minimum Gasteiger partial charge on any atom is -0.480 e. The van der Waals surface area contributed by atoms with E-state index >= 15 is 0 Å². The maximum Gasteiger partial charge on any atom is 0.326 e. The lowest BCUT2D eigenvalue weighted by Crippen LogP contribution is -2.48. The van der Waals surface area contributed by atoms with Crippen LogP contribution in [0.4, 0.5) is 4.79 Å². The molecular weight excluding hydrogens is 208 g/mol. The molecule has 3 N–H and O–H groups in total. The molecular formula is C11H20N2O3. The molecule has 0 aromatic carbocycles. The normalized spacial score (nSPS) is 11.8. The first kappa shape index (κ1) is 14.5. The third-order valence-corrected chi connectivity index (χ3v) is 1.99. The molecule has 1 atom stereocenters. The van der Waals surface area contributed by atoms with E-state index in [9.17, 15) is 9.59 Å². The summed E-state index contributed by atoms with van der Waals surface area (Å²) in [5.41, 5.74) is 1.10. The SMILES string of the molecule is CC(C)=CCNC(=O)NC(C(=O)O)C(C)C. The molecule has 5 nitrogen and oxygen atoms in total. The molecule has 0 radical (unpaired) electrons. The largest absolute Gasteiger partial charge is 0.480 e. The number of allylic oxidation sites excluding steroid dienone is 1. The van der Waals surface area contributed by atoms with Crippen LogP contribution < -0.4 is 10.6 Å². The highest BCUT2D eigenvalue weighted by Gasteiger charge is 2.22. The van der Waals surface area contributed by atoms with E-state index in [0.717, 1.165) is 5.57 Å². The van der Waals surface area contributed by atoms with Gasteiger partial charge in [-0.25, -0.2) is 9.59 Å². The average Bonchev–Trinajstić information content (AvgIpc) is 2.12.